The number of oxazole rings is 1. The standard InChI is InChI=1S/C15H20N4O/c1-11-16-12(9-20-11)14-18-17-13-8-15(10-19(13)14)6-4-2-3-5-7-15/h9H,2-8,10H2,1H3. The van der Waals surface area contributed by atoms with E-state index in [1.54, 1.807) is 6.26 Å². The van der Waals surface area contributed by atoms with Gasteiger partial charge < -0.3 is 8.98 Å². The van der Waals surface area contributed by atoms with Crippen LogP contribution in [0.2, 0.25) is 0 Å². The quantitative estimate of drug-likeness (QED) is 0.800. The predicted molar refractivity (Wildman–Crippen MR) is 74.1 cm³/mol. The lowest BCUT2D eigenvalue weighted by Crippen LogP contribution is -2.22. The molecule has 5 heteroatoms. The molecule has 20 heavy (non-hydrogen) atoms. The highest BCUT2D eigenvalue weighted by molar-refractivity contribution is 5.48. The molecular weight excluding hydrogens is 252 g/mol. The van der Waals surface area contributed by atoms with Crippen molar-refractivity contribution in [3.8, 4) is 11.5 Å². The van der Waals surface area contributed by atoms with Crippen LogP contribution < -0.4 is 0 Å². The van der Waals surface area contributed by atoms with Crippen LogP contribution in [0.15, 0.2) is 10.7 Å². The van der Waals surface area contributed by atoms with Crippen molar-refractivity contribution in [2.45, 2.75) is 58.4 Å². The highest BCUT2D eigenvalue weighted by atomic mass is 16.3. The molecular formula is C15H20N4O. The first-order valence-electron chi connectivity index (χ1n) is 7.60. The van der Waals surface area contributed by atoms with E-state index in [9.17, 15) is 0 Å². The van der Waals surface area contributed by atoms with Gasteiger partial charge in [0, 0.05) is 19.9 Å². The summed E-state index contributed by atoms with van der Waals surface area (Å²) < 4.78 is 7.58. The molecule has 0 aromatic carbocycles. The van der Waals surface area contributed by atoms with Crippen molar-refractivity contribution in [1.29, 1.82) is 0 Å². The van der Waals surface area contributed by atoms with Gasteiger partial charge in [-0.05, 0) is 18.3 Å². The van der Waals surface area contributed by atoms with E-state index < -0.39 is 0 Å². The molecule has 2 aliphatic rings. The van der Waals surface area contributed by atoms with Gasteiger partial charge in [0.15, 0.2) is 11.7 Å². The Bertz CT molecular complexity index is 620. The average Bonchev–Trinajstić information content (AvgIpc) is 3.02. The number of hydrogen-bond acceptors (Lipinski definition) is 4. The van der Waals surface area contributed by atoms with Crippen molar-refractivity contribution < 1.29 is 4.42 Å². The van der Waals surface area contributed by atoms with Crippen LogP contribution in [-0.4, -0.2) is 19.7 Å². The molecule has 1 aliphatic carbocycles. The van der Waals surface area contributed by atoms with Crippen molar-refractivity contribution in [2.75, 3.05) is 0 Å². The molecule has 4 rings (SSSR count). The molecule has 1 spiro atoms. The Morgan fingerprint density at radius 1 is 1.15 bits per heavy atom. The van der Waals surface area contributed by atoms with E-state index in [4.69, 9.17) is 4.42 Å². The Morgan fingerprint density at radius 2 is 1.95 bits per heavy atom. The van der Waals surface area contributed by atoms with Crippen LogP contribution >= 0.6 is 0 Å². The van der Waals surface area contributed by atoms with Gasteiger partial charge in [-0.15, -0.1) is 10.2 Å². The summed E-state index contributed by atoms with van der Waals surface area (Å²) in [6, 6.07) is 0. The van der Waals surface area contributed by atoms with Gasteiger partial charge in [0.25, 0.3) is 0 Å². The van der Waals surface area contributed by atoms with Gasteiger partial charge in [-0.3, -0.25) is 0 Å². The Kier molecular flexibility index (Phi) is 2.69. The van der Waals surface area contributed by atoms with E-state index in [1.165, 1.54) is 38.5 Å². The van der Waals surface area contributed by atoms with Crippen LogP contribution in [0.1, 0.15) is 50.2 Å². The second-order valence-corrected chi connectivity index (χ2v) is 6.37. The van der Waals surface area contributed by atoms with Crippen molar-refractivity contribution in [3.63, 3.8) is 0 Å². The summed E-state index contributed by atoms with van der Waals surface area (Å²) >= 11 is 0. The first kappa shape index (κ1) is 12.1. The minimum absolute atomic E-state index is 0.426. The highest BCUT2D eigenvalue weighted by Gasteiger charge is 2.40. The van der Waals surface area contributed by atoms with Crippen LogP contribution in [0.3, 0.4) is 0 Å². The van der Waals surface area contributed by atoms with E-state index >= 15 is 0 Å². The topological polar surface area (TPSA) is 56.7 Å². The molecule has 1 fully saturated rings. The first-order chi connectivity index (χ1) is 9.76. The summed E-state index contributed by atoms with van der Waals surface area (Å²) in [6.45, 7) is 2.91. The Labute approximate surface area is 118 Å². The lowest BCUT2D eigenvalue weighted by molar-refractivity contribution is 0.238. The lowest BCUT2D eigenvalue weighted by atomic mass is 9.79. The number of aryl methyl sites for hydroxylation is 1. The maximum Gasteiger partial charge on any atom is 0.191 e. The number of fused-ring (bicyclic) bond motifs is 1. The number of nitrogens with zero attached hydrogens (tertiary/aromatic N) is 4. The van der Waals surface area contributed by atoms with Crippen molar-refractivity contribution in [3.05, 3.63) is 18.0 Å². The summed E-state index contributed by atoms with van der Waals surface area (Å²) in [4.78, 5) is 4.39. The van der Waals surface area contributed by atoms with Crippen molar-refractivity contribution in [2.24, 2.45) is 5.41 Å². The van der Waals surface area contributed by atoms with Gasteiger partial charge in [0.2, 0.25) is 0 Å². The third-order valence-electron chi connectivity index (χ3n) is 4.87. The van der Waals surface area contributed by atoms with Crippen LogP contribution in [0.4, 0.5) is 0 Å². The summed E-state index contributed by atoms with van der Waals surface area (Å²) in [7, 11) is 0. The zero-order chi connectivity index (χ0) is 13.6. The second kappa shape index (κ2) is 4.43. The van der Waals surface area contributed by atoms with Crippen LogP contribution in [0.5, 0.6) is 0 Å². The molecule has 1 saturated carbocycles. The summed E-state index contributed by atoms with van der Waals surface area (Å²) in [5.41, 5.74) is 1.24. The molecule has 0 N–H and O–H groups in total. The molecule has 0 saturated heterocycles. The molecule has 5 nitrogen and oxygen atoms in total. The number of aromatic nitrogens is 4. The zero-order valence-electron chi connectivity index (χ0n) is 11.9. The fraction of sp³-hybridized carbons (Fsp3) is 0.667. The summed E-state index contributed by atoms with van der Waals surface area (Å²) in [6.07, 6.45) is 10.9. The van der Waals surface area contributed by atoms with Gasteiger partial charge in [-0.2, -0.15) is 0 Å². The fourth-order valence-corrected chi connectivity index (χ4v) is 3.83. The Morgan fingerprint density at radius 3 is 2.65 bits per heavy atom. The molecule has 0 unspecified atom stereocenters. The molecule has 1 aliphatic heterocycles. The maximum atomic E-state index is 5.31. The third kappa shape index (κ3) is 1.87. The lowest BCUT2D eigenvalue weighted by Gasteiger charge is -2.26. The molecule has 3 heterocycles. The fourth-order valence-electron chi connectivity index (χ4n) is 3.83. The molecule has 0 bridgehead atoms. The van der Waals surface area contributed by atoms with E-state index in [-0.39, 0.29) is 0 Å². The van der Waals surface area contributed by atoms with Gasteiger partial charge in [0.1, 0.15) is 17.8 Å². The normalized spacial score (nSPS) is 21.1. The average molecular weight is 272 g/mol. The largest absolute Gasteiger partial charge is 0.449 e. The smallest absolute Gasteiger partial charge is 0.191 e. The van der Waals surface area contributed by atoms with E-state index in [0.29, 0.717) is 11.3 Å². The molecule has 2 aromatic rings. The minimum Gasteiger partial charge on any atom is -0.449 e. The SMILES string of the molecule is Cc1nc(-c2nnc3n2CC2(CCCCCC2)C3)co1. The van der Waals surface area contributed by atoms with Crippen molar-refractivity contribution >= 4 is 0 Å². The molecule has 0 amide bonds. The first-order valence-corrected chi connectivity index (χ1v) is 7.60. The third-order valence-corrected chi connectivity index (χ3v) is 4.87. The maximum absolute atomic E-state index is 5.31. The Balaban J connectivity index is 1.67. The molecule has 0 radical (unpaired) electrons. The van der Waals surface area contributed by atoms with Crippen LogP contribution in [0.25, 0.3) is 11.5 Å². The molecule has 2 aromatic heterocycles. The molecule has 106 valence electrons. The van der Waals surface area contributed by atoms with Crippen LogP contribution in [0, 0.1) is 12.3 Å². The van der Waals surface area contributed by atoms with E-state index in [0.717, 1.165) is 30.3 Å². The summed E-state index contributed by atoms with van der Waals surface area (Å²) in [5.74, 6) is 2.68. The number of hydrogen-bond donors (Lipinski definition) is 0. The summed E-state index contributed by atoms with van der Waals surface area (Å²) in [5, 5.41) is 8.71. The van der Waals surface area contributed by atoms with Crippen LogP contribution in [-0.2, 0) is 13.0 Å². The van der Waals surface area contributed by atoms with Gasteiger partial charge >= 0.3 is 0 Å². The highest BCUT2D eigenvalue weighted by Crippen LogP contribution is 2.44. The van der Waals surface area contributed by atoms with E-state index in [1.807, 2.05) is 6.92 Å². The minimum atomic E-state index is 0.426. The van der Waals surface area contributed by atoms with Gasteiger partial charge in [-0.1, -0.05) is 25.7 Å². The van der Waals surface area contributed by atoms with E-state index in [2.05, 4.69) is 19.7 Å². The zero-order valence-corrected chi connectivity index (χ0v) is 11.9. The second-order valence-electron chi connectivity index (χ2n) is 6.37. The van der Waals surface area contributed by atoms with Gasteiger partial charge in [-0.25, -0.2) is 4.98 Å². The van der Waals surface area contributed by atoms with Gasteiger partial charge in [0.05, 0.1) is 0 Å². The molecule has 0 atom stereocenters. The van der Waals surface area contributed by atoms with Crippen molar-refractivity contribution in [1.82, 2.24) is 19.7 Å². The predicted octanol–water partition coefficient (Wildman–Crippen LogP) is 3.14. The monoisotopic (exact) mass is 272 g/mol. The number of rotatable bonds is 1. The Hall–Kier alpha value is -1.65.